The average Bonchev–Trinajstić information content (AvgIpc) is 2.39. The van der Waals surface area contributed by atoms with Crippen molar-refractivity contribution in [2.45, 2.75) is 33.6 Å². The van der Waals surface area contributed by atoms with Gasteiger partial charge in [-0.2, -0.15) is 0 Å². The predicted octanol–water partition coefficient (Wildman–Crippen LogP) is 4.31. The lowest BCUT2D eigenvalue weighted by Crippen LogP contribution is -2.08. The number of anilines is 3. The van der Waals surface area contributed by atoms with Crippen LogP contribution >= 0.6 is 15.9 Å². The van der Waals surface area contributed by atoms with Crippen molar-refractivity contribution in [2.24, 2.45) is 0 Å². The minimum Gasteiger partial charge on any atom is -0.383 e. The molecule has 0 radical (unpaired) electrons. The number of benzene rings is 1. The van der Waals surface area contributed by atoms with Crippen molar-refractivity contribution in [1.29, 1.82) is 0 Å². The van der Waals surface area contributed by atoms with Crippen molar-refractivity contribution < 1.29 is 0 Å². The Labute approximate surface area is 128 Å². The molecule has 1 heterocycles. The summed E-state index contributed by atoms with van der Waals surface area (Å²) in [7, 11) is 0. The van der Waals surface area contributed by atoms with E-state index in [4.69, 9.17) is 5.73 Å². The Hall–Kier alpha value is -1.62. The van der Waals surface area contributed by atoms with Crippen molar-refractivity contribution in [3.8, 4) is 0 Å². The number of nitrogens with one attached hydrogen (secondary N) is 1. The highest BCUT2D eigenvalue weighted by Gasteiger charge is 2.12. The maximum Gasteiger partial charge on any atom is 0.139 e. The molecule has 2 aromatic rings. The molecule has 5 heteroatoms. The number of hydrogen-bond donors (Lipinski definition) is 2. The molecule has 106 valence electrons. The molecule has 0 saturated heterocycles. The van der Waals surface area contributed by atoms with Gasteiger partial charge >= 0.3 is 0 Å². The van der Waals surface area contributed by atoms with Crippen LogP contribution in [0.4, 0.5) is 17.3 Å². The third-order valence-corrected chi connectivity index (χ3v) is 4.10. The third kappa shape index (κ3) is 2.93. The fourth-order valence-electron chi connectivity index (χ4n) is 1.80. The van der Waals surface area contributed by atoms with E-state index in [-0.39, 0.29) is 5.92 Å². The van der Waals surface area contributed by atoms with Crippen molar-refractivity contribution in [2.75, 3.05) is 11.1 Å². The number of rotatable bonds is 3. The van der Waals surface area contributed by atoms with Crippen LogP contribution < -0.4 is 11.1 Å². The Morgan fingerprint density at radius 1 is 1.15 bits per heavy atom. The SMILES string of the molecule is Cc1c(Br)cccc1Nc1nc(C(C)C)nc(N)c1C. The van der Waals surface area contributed by atoms with E-state index >= 15 is 0 Å². The van der Waals surface area contributed by atoms with Gasteiger partial charge in [0.1, 0.15) is 17.5 Å². The van der Waals surface area contributed by atoms with E-state index in [1.807, 2.05) is 25.1 Å². The first-order valence-corrected chi connectivity index (χ1v) is 7.35. The zero-order chi connectivity index (χ0) is 14.9. The summed E-state index contributed by atoms with van der Waals surface area (Å²) >= 11 is 3.53. The van der Waals surface area contributed by atoms with Gasteiger partial charge in [-0.3, -0.25) is 0 Å². The molecule has 0 fully saturated rings. The molecule has 20 heavy (non-hydrogen) atoms. The summed E-state index contributed by atoms with van der Waals surface area (Å²) < 4.78 is 1.06. The van der Waals surface area contributed by atoms with Gasteiger partial charge in [-0.25, -0.2) is 9.97 Å². The quantitative estimate of drug-likeness (QED) is 0.877. The molecular formula is C15H19BrN4. The zero-order valence-corrected chi connectivity index (χ0v) is 13.7. The smallest absolute Gasteiger partial charge is 0.139 e. The van der Waals surface area contributed by atoms with Gasteiger partial charge < -0.3 is 11.1 Å². The van der Waals surface area contributed by atoms with E-state index in [0.717, 1.165) is 32.9 Å². The molecule has 0 atom stereocenters. The van der Waals surface area contributed by atoms with Crippen LogP contribution in [-0.4, -0.2) is 9.97 Å². The van der Waals surface area contributed by atoms with E-state index < -0.39 is 0 Å². The first-order valence-electron chi connectivity index (χ1n) is 6.56. The van der Waals surface area contributed by atoms with E-state index in [2.05, 4.69) is 52.0 Å². The van der Waals surface area contributed by atoms with Crippen LogP contribution in [0.5, 0.6) is 0 Å². The molecular weight excluding hydrogens is 316 g/mol. The van der Waals surface area contributed by atoms with Gasteiger partial charge in [0.2, 0.25) is 0 Å². The minimum atomic E-state index is 0.238. The molecule has 0 bridgehead atoms. The normalized spacial score (nSPS) is 10.9. The molecule has 0 aliphatic rings. The molecule has 3 N–H and O–H groups in total. The fourth-order valence-corrected chi connectivity index (χ4v) is 2.17. The zero-order valence-electron chi connectivity index (χ0n) is 12.2. The van der Waals surface area contributed by atoms with Gasteiger partial charge in [0, 0.05) is 21.6 Å². The summed E-state index contributed by atoms with van der Waals surface area (Å²) in [6, 6.07) is 6.02. The molecule has 0 aliphatic carbocycles. The lowest BCUT2D eigenvalue weighted by molar-refractivity contribution is 0.776. The van der Waals surface area contributed by atoms with E-state index in [9.17, 15) is 0 Å². The van der Waals surface area contributed by atoms with E-state index in [1.54, 1.807) is 0 Å². The molecule has 1 aromatic heterocycles. The molecule has 0 amide bonds. The fraction of sp³-hybridized carbons (Fsp3) is 0.333. The van der Waals surface area contributed by atoms with Crippen molar-refractivity contribution in [3.05, 3.63) is 39.6 Å². The van der Waals surface area contributed by atoms with E-state index in [0.29, 0.717) is 5.82 Å². The number of nitrogens with two attached hydrogens (primary N) is 1. The second-order valence-corrected chi connectivity index (χ2v) is 5.99. The van der Waals surface area contributed by atoms with Crippen LogP contribution in [0, 0.1) is 13.8 Å². The van der Waals surface area contributed by atoms with Crippen LogP contribution in [0.2, 0.25) is 0 Å². The van der Waals surface area contributed by atoms with Gasteiger partial charge in [0.05, 0.1) is 0 Å². The maximum atomic E-state index is 5.98. The molecule has 0 spiro atoms. The summed E-state index contributed by atoms with van der Waals surface area (Å²) in [5, 5.41) is 3.36. The Kier molecular flexibility index (Phi) is 4.28. The lowest BCUT2D eigenvalue weighted by Gasteiger charge is -2.15. The van der Waals surface area contributed by atoms with Gasteiger partial charge in [0.15, 0.2) is 0 Å². The van der Waals surface area contributed by atoms with Crippen LogP contribution in [0.25, 0.3) is 0 Å². The predicted molar refractivity (Wildman–Crippen MR) is 87.4 cm³/mol. The molecule has 4 nitrogen and oxygen atoms in total. The Morgan fingerprint density at radius 2 is 1.85 bits per heavy atom. The Balaban J connectivity index is 2.45. The van der Waals surface area contributed by atoms with Crippen LogP contribution in [0.3, 0.4) is 0 Å². The second kappa shape index (κ2) is 5.79. The molecule has 0 aliphatic heterocycles. The first kappa shape index (κ1) is 14.8. The van der Waals surface area contributed by atoms with Gasteiger partial charge in [-0.15, -0.1) is 0 Å². The highest BCUT2D eigenvalue weighted by Crippen LogP contribution is 2.29. The summed E-state index contributed by atoms with van der Waals surface area (Å²) in [4.78, 5) is 8.91. The monoisotopic (exact) mass is 334 g/mol. The largest absolute Gasteiger partial charge is 0.383 e. The molecule has 0 saturated carbocycles. The highest BCUT2D eigenvalue weighted by molar-refractivity contribution is 9.10. The topological polar surface area (TPSA) is 63.8 Å². The number of nitrogens with zero attached hydrogens (tertiary/aromatic N) is 2. The Morgan fingerprint density at radius 3 is 2.50 bits per heavy atom. The van der Waals surface area contributed by atoms with Crippen LogP contribution in [-0.2, 0) is 0 Å². The van der Waals surface area contributed by atoms with E-state index in [1.165, 1.54) is 0 Å². The third-order valence-electron chi connectivity index (χ3n) is 3.24. The van der Waals surface area contributed by atoms with Crippen LogP contribution in [0.1, 0.15) is 36.7 Å². The lowest BCUT2D eigenvalue weighted by atomic mass is 10.1. The minimum absolute atomic E-state index is 0.238. The van der Waals surface area contributed by atoms with Gasteiger partial charge in [-0.1, -0.05) is 35.8 Å². The second-order valence-electron chi connectivity index (χ2n) is 5.13. The molecule has 1 aromatic carbocycles. The van der Waals surface area contributed by atoms with Crippen molar-refractivity contribution in [1.82, 2.24) is 9.97 Å². The van der Waals surface area contributed by atoms with Crippen LogP contribution in [0.15, 0.2) is 22.7 Å². The molecule has 0 unspecified atom stereocenters. The summed E-state index contributed by atoms with van der Waals surface area (Å²) in [5.74, 6) is 2.28. The number of hydrogen-bond acceptors (Lipinski definition) is 4. The average molecular weight is 335 g/mol. The van der Waals surface area contributed by atoms with Gasteiger partial charge in [-0.05, 0) is 31.5 Å². The van der Waals surface area contributed by atoms with Crippen molar-refractivity contribution in [3.63, 3.8) is 0 Å². The van der Waals surface area contributed by atoms with Gasteiger partial charge in [0.25, 0.3) is 0 Å². The summed E-state index contributed by atoms with van der Waals surface area (Å²) in [5.41, 5.74) is 8.99. The first-order chi connectivity index (χ1) is 9.40. The summed E-state index contributed by atoms with van der Waals surface area (Å²) in [6.45, 7) is 8.08. The Bertz CT molecular complexity index is 638. The number of aromatic nitrogens is 2. The highest BCUT2D eigenvalue weighted by atomic mass is 79.9. The number of nitrogen functional groups attached to an aromatic ring is 1. The standard InChI is InChI=1S/C15H19BrN4/c1-8(2)14-19-13(17)10(4)15(20-14)18-12-7-5-6-11(16)9(12)3/h5-8H,1-4H3,(H3,17,18,19,20). The van der Waals surface area contributed by atoms with Crippen molar-refractivity contribution >= 4 is 33.3 Å². The maximum absolute atomic E-state index is 5.98. The number of halogens is 1. The summed E-state index contributed by atoms with van der Waals surface area (Å²) in [6.07, 6.45) is 0. The molecule has 2 rings (SSSR count).